The molecule has 0 bridgehead atoms. The number of ether oxygens (including phenoxy) is 1. The summed E-state index contributed by atoms with van der Waals surface area (Å²) in [6.45, 7) is 2.41. The number of nitrogens with zero attached hydrogens (tertiary/aromatic N) is 1. The lowest BCUT2D eigenvalue weighted by molar-refractivity contribution is -0.119. The quantitative estimate of drug-likeness (QED) is 0.182. The van der Waals surface area contributed by atoms with E-state index in [1.165, 1.54) is 11.8 Å². The molecule has 0 saturated carbocycles. The minimum Gasteiger partial charge on any atom is -0.494 e. The lowest BCUT2D eigenvalue weighted by Crippen LogP contribution is -2.41. The van der Waals surface area contributed by atoms with E-state index in [9.17, 15) is 13.2 Å². The second kappa shape index (κ2) is 14.2. The average molecular weight is 600 g/mol. The molecule has 0 radical (unpaired) electrons. The first kappa shape index (κ1) is 29.5. The topological polar surface area (TPSA) is 75.7 Å². The summed E-state index contributed by atoms with van der Waals surface area (Å²) in [5, 5.41) is 3.84. The van der Waals surface area contributed by atoms with E-state index in [0.29, 0.717) is 46.1 Å². The highest BCUT2D eigenvalue weighted by molar-refractivity contribution is 7.98. The van der Waals surface area contributed by atoms with E-state index in [0.717, 1.165) is 14.8 Å². The molecule has 0 fully saturated rings. The number of rotatable bonds is 13. The lowest BCUT2D eigenvalue weighted by Gasteiger charge is -2.24. The van der Waals surface area contributed by atoms with Gasteiger partial charge in [-0.3, -0.25) is 9.10 Å². The number of hydrogen-bond acceptors (Lipinski definition) is 6. The summed E-state index contributed by atoms with van der Waals surface area (Å²) in [5.41, 5.74) is 1.41. The van der Waals surface area contributed by atoms with E-state index < -0.39 is 15.9 Å². The third kappa shape index (κ3) is 8.48. The number of sulfonamides is 1. The molecule has 0 spiro atoms. The Morgan fingerprint density at radius 1 is 1.00 bits per heavy atom. The molecular formula is C26H28Cl2N2O4S3. The normalized spacial score (nSPS) is 11.2. The summed E-state index contributed by atoms with van der Waals surface area (Å²) in [6.07, 6.45) is 1.92. The van der Waals surface area contributed by atoms with Crippen LogP contribution in [-0.2, 0) is 20.6 Å². The minimum absolute atomic E-state index is 0.115. The van der Waals surface area contributed by atoms with Gasteiger partial charge in [-0.25, -0.2) is 8.42 Å². The van der Waals surface area contributed by atoms with E-state index in [1.807, 2.05) is 25.3 Å². The van der Waals surface area contributed by atoms with Gasteiger partial charge in [-0.1, -0.05) is 29.3 Å². The maximum Gasteiger partial charge on any atom is 0.264 e. The van der Waals surface area contributed by atoms with Crippen LogP contribution in [0.2, 0.25) is 10.0 Å². The van der Waals surface area contributed by atoms with Crippen LogP contribution in [0.3, 0.4) is 0 Å². The number of hydrogen-bond donors (Lipinski definition) is 1. The molecule has 198 valence electrons. The number of nitrogens with one attached hydrogen (secondary N) is 1. The Morgan fingerprint density at radius 2 is 1.70 bits per heavy atom. The number of carbonyl (C=O) groups excluding carboxylic acids is 1. The van der Waals surface area contributed by atoms with Crippen molar-refractivity contribution in [3.8, 4) is 5.75 Å². The average Bonchev–Trinajstić information content (AvgIpc) is 2.90. The second-order valence-electron chi connectivity index (χ2n) is 7.77. The van der Waals surface area contributed by atoms with Gasteiger partial charge >= 0.3 is 0 Å². The molecule has 0 unspecified atom stereocenters. The molecule has 0 atom stereocenters. The van der Waals surface area contributed by atoms with Crippen molar-refractivity contribution in [3.63, 3.8) is 0 Å². The molecule has 3 rings (SSSR count). The number of amides is 1. The number of anilines is 1. The van der Waals surface area contributed by atoms with Gasteiger partial charge in [0, 0.05) is 22.9 Å². The van der Waals surface area contributed by atoms with Crippen molar-refractivity contribution >= 4 is 68.3 Å². The molecule has 0 aromatic heterocycles. The van der Waals surface area contributed by atoms with Crippen molar-refractivity contribution in [2.75, 3.05) is 36.0 Å². The molecular weight excluding hydrogens is 571 g/mol. The van der Waals surface area contributed by atoms with Crippen LogP contribution >= 0.6 is 46.7 Å². The van der Waals surface area contributed by atoms with Gasteiger partial charge in [0.15, 0.2) is 0 Å². The van der Waals surface area contributed by atoms with Crippen LogP contribution in [0.25, 0.3) is 0 Å². The molecule has 1 amide bonds. The highest BCUT2D eigenvalue weighted by Gasteiger charge is 2.27. The Kier molecular flexibility index (Phi) is 11.3. The van der Waals surface area contributed by atoms with Gasteiger partial charge in [0.1, 0.15) is 12.3 Å². The monoisotopic (exact) mass is 598 g/mol. The Labute approximate surface area is 237 Å². The van der Waals surface area contributed by atoms with Gasteiger partial charge in [0.05, 0.1) is 27.2 Å². The zero-order valence-corrected chi connectivity index (χ0v) is 24.4. The van der Waals surface area contributed by atoms with E-state index in [-0.39, 0.29) is 11.4 Å². The zero-order chi connectivity index (χ0) is 26.8. The van der Waals surface area contributed by atoms with Crippen molar-refractivity contribution in [2.24, 2.45) is 0 Å². The summed E-state index contributed by atoms with van der Waals surface area (Å²) in [4.78, 5) is 13.9. The Bertz CT molecular complexity index is 1290. The van der Waals surface area contributed by atoms with E-state index in [1.54, 1.807) is 66.4 Å². The number of thioether (sulfide) groups is 2. The summed E-state index contributed by atoms with van der Waals surface area (Å²) < 4.78 is 33.7. The molecule has 0 heterocycles. The van der Waals surface area contributed by atoms with Crippen molar-refractivity contribution in [1.82, 2.24) is 5.32 Å². The molecule has 0 aliphatic heterocycles. The molecule has 37 heavy (non-hydrogen) atoms. The van der Waals surface area contributed by atoms with E-state index >= 15 is 0 Å². The smallest absolute Gasteiger partial charge is 0.264 e. The lowest BCUT2D eigenvalue weighted by atomic mass is 10.2. The molecule has 6 nitrogen and oxygen atoms in total. The van der Waals surface area contributed by atoms with Gasteiger partial charge < -0.3 is 10.1 Å². The Hall–Kier alpha value is -2.04. The molecule has 0 saturated heterocycles. The van der Waals surface area contributed by atoms with Gasteiger partial charge in [-0.2, -0.15) is 11.8 Å². The number of benzene rings is 3. The van der Waals surface area contributed by atoms with Gasteiger partial charge in [-0.05, 0) is 79.4 Å². The van der Waals surface area contributed by atoms with Crippen molar-refractivity contribution < 1.29 is 17.9 Å². The van der Waals surface area contributed by atoms with Crippen molar-refractivity contribution in [2.45, 2.75) is 22.5 Å². The van der Waals surface area contributed by atoms with Crippen LogP contribution < -0.4 is 14.4 Å². The fourth-order valence-electron chi connectivity index (χ4n) is 3.33. The van der Waals surface area contributed by atoms with E-state index in [2.05, 4.69) is 5.32 Å². The summed E-state index contributed by atoms with van der Waals surface area (Å²) in [6, 6.07) is 18.8. The highest BCUT2D eigenvalue weighted by Crippen LogP contribution is 2.27. The summed E-state index contributed by atoms with van der Waals surface area (Å²) in [5.74, 6) is 1.59. The maximum atomic E-state index is 13.5. The standard InChI is InChI=1S/C26H28Cl2N2O4S3/c1-3-34-21-7-5-20(6-8-21)30(37(32,33)23-11-9-22(35-2)10-12-23)17-26(31)29-14-15-36-18-19-4-13-24(27)25(28)16-19/h4-13,16H,3,14-15,17-18H2,1-2H3,(H,29,31). The van der Waals surface area contributed by atoms with Crippen LogP contribution in [0.15, 0.2) is 76.5 Å². The highest BCUT2D eigenvalue weighted by atomic mass is 35.5. The van der Waals surface area contributed by atoms with Crippen LogP contribution in [0.5, 0.6) is 5.75 Å². The van der Waals surface area contributed by atoms with E-state index in [4.69, 9.17) is 27.9 Å². The molecule has 0 aliphatic carbocycles. The molecule has 3 aromatic rings. The SMILES string of the molecule is CCOc1ccc(N(CC(=O)NCCSCc2ccc(Cl)c(Cl)c2)S(=O)(=O)c2ccc(SC)cc2)cc1. The number of halogens is 2. The van der Waals surface area contributed by atoms with Gasteiger partial charge in [0.25, 0.3) is 10.0 Å². The van der Waals surface area contributed by atoms with Gasteiger partial charge in [0.2, 0.25) is 5.91 Å². The first-order valence-corrected chi connectivity index (χ1v) is 16.0. The predicted octanol–water partition coefficient (Wildman–Crippen LogP) is 6.36. The Balaban J connectivity index is 1.66. The molecule has 0 aliphatic rings. The first-order valence-electron chi connectivity index (χ1n) is 11.4. The minimum atomic E-state index is -3.98. The largest absolute Gasteiger partial charge is 0.494 e. The van der Waals surface area contributed by atoms with Crippen molar-refractivity contribution in [3.05, 3.63) is 82.3 Å². The third-order valence-corrected chi connectivity index (χ3v) is 9.49. The predicted molar refractivity (Wildman–Crippen MR) is 156 cm³/mol. The second-order valence-corrected chi connectivity index (χ2v) is 12.4. The van der Waals surface area contributed by atoms with Crippen LogP contribution in [0, 0.1) is 0 Å². The summed E-state index contributed by atoms with van der Waals surface area (Å²) >= 11 is 15.2. The molecule has 1 N–H and O–H groups in total. The molecule has 11 heteroatoms. The van der Waals surface area contributed by atoms with Crippen molar-refractivity contribution in [1.29, 1.82) is 0 Å². The fourth-order valence-corrected chi connectivity index (χ4v) is 6.29. The Morgan fingerprint density at radius 3 is 2.32 bits per heavy atom. The van der Waals surface area contributed by atoms with Crippen LogP contribution in [-0.4, -0.2) is 46.0 Å². The van der Waals surface area contributed by atoms with Gasteiger partial charge in [-0.15, -0.1) is 11.8 Å². The number of carbonyl (C=O) groups is 1. The molecule has 3 aromatic carbocycles. The zero-order valence-electron chi connectivity index (χ0n) is 20.4. The summed E-state index contributed by atoms with van der Waals surface area (Å²) in [7, 11) is -3.98. The third-order valence-electron chi connectivity index (χ3n) is 5.19. The van der Waals surface area contributed by atoms with Crippen LogP contribution in [0.1, 0.15) is 12.5 Å². The van der Waals surface area contributed by atoms with Crippen LogP contribution in [0.4, 0.5) is 5.69 Å². The maximum absolute atomic E-state index is 13.5. The first-order chi connectivity index (χ1) is 17.7. The fraction of sp³-hybridized carbons (Fsp3) is 0.269.